The van der Waals surface area contributed by atoms with E-state index in [2.05, 4.69) is 35.8 Å². The van der Waals surface area contributed by atoms with Crippen molar-refractivity contribution in [1.82, 2.24) is 5.43 Å². The molecule has 1 fully saturated rings. The number of rotatable bonds is 5. The van der Waals surface area contributed by atoms with Crippen LogP contribution in [0.2, 0.25) is 0 Å². The number of nitrogens with one attached hydrogen (secondary N) is 1. The molecule has 0 aliphatic heterocycles. The molecule has 1 saturated carbocycles. The van der Waals surface area contributed by atoms with Gasteiger partial charge in [0.05, 0.1) is 13.2 Å². The van der Waals surface area contributed by atoms with Gasteiger partial charge < -0.3 is 4.74 Å². The maximum atomic E-state index is 5.89. The van der Waals surface area contributed by atoms with Crippen LogP contribution in [-0.2, 0) is 5.41 Å². The Morgan fingerprint density at radius 2 is 1.70 bits per heavy atom. The highest BCUT2D eigenvalue weighted by Gasteiger charge is 2.51. The number of benzene rings is 2. The lowest BCUT2D eigenvalue weighted by Gasteiger charge is -2.28. The van der Waals surface area contributed by atoms with Crippen molar-refractivity contribution in [3.63, 3.8) is 0 Å². The number of hydrazine groups is 1. The first-order chi connectivity index (χ1) is 9.81. The van der Waals surface area contributed by atoms with E-state index in [1.54, 1.807) is 7.11 Å². The van der Waals surface area contributed by atoms with E-state index in [4.69, 9.17) is 10.6 Å². The fourth-order valence-corrected chi connectivity index (χ4v) is 3.10. The molecule has 0 radical (unpaired) electrons. The van der Waals surface area contributed by atoms with Crippen LogP contribution in [0, 0.1) is 0 Å². The first kappa shape index (κ1) is 13.2. The van der Waals surface area contributed by atoms with Crippen LogP contribution in [0.5, 0.6) is 5.75 Å². The van der Waals surface area contributed by atoms with Gasteiger partial charge in [0.1, 0.15) is 5.75 Å². The zero-order valence-electron chi connectivity index (χ0n) is 11.7. The average molecular weight is 268 g/mol. The maximum Gasteiger partial charge on any atom is 0.123 e. The van der Waals surface area contributed by atoms with Crippen LogP contribution in [0.25, 0.3) is 0 Å². The molecule has 2 aromatic rings. The minimum absolute atomic E-state index is 0.0704. The van der Waals surface area contributed by atoms with E-state index in [0.717, 1.165) is 24.2 Å². The van der Waals surface area contributed by atoms with E-state index in [1.807, 2.05) is 24.3 Å². The third kappa shape index (κ3) is 2.09. The summed E-state index contributed by atoms with van der Waals surface area (Å²) in [6.45, 7) is 0. The molecular formula is C17H20N2O. The lowest BCUT2D eigenvalue weighted by molar-refractivity contribution is 0.380. The Kier molecular flexibility index (Phi) is 3.47. The highest BCUT2D eigenvalue weighted by Crippen LogP contribution is 2.57. The van der Waals surface area contributed by atoms with Crippen LogP contribution >= 0.6 is 0 Å². The third-order valence-electron chi connectivity index (χ3n) is 4.31. The predicted octanol–water partition coefficient (Wildman–Crippen LogP) is 2.93. The molecule has 20 heavy (non-hydrogen) atoms. The summed E-state index contributed by atoms with van der Waals surface area (Å²) in [5, 5.41) is 0. The van der Waals surface area contributed by atoms with Gasteiger partial charge in [0.15, 0.2) is 0 Å². The van der Waals surface area contributed by atoms with Gasteiger partial charge in [-0.3, -0.25) is 11.3 Å². The molecule has 2 aromatic carbocycles. The first-order valence-corrected chi connectivity index (χ1v) is 6.96. The predicted molar refractivity (Wildman–Crippen MR) is 80.4 cm³/mol. The van der Waals surface area contributed by atoms with Crippen molar-refractivity contribution in [3.05, 3.63) is 65.7 Å². The maximum absolute atomic E-state index is 5.89. The SMILES string of the molecule is COc1ccccc1C(NN)C1(c2ccccc2)CC1. The molecule has 1 aliphatic carbocycles. The summed E-state index contributed by atoms with van der Waals surface area (Å²) in [6, 6.07) is 18.8. The largest absolute Gasteiger partial charge is 0.496 e. The minimum Gasteiger partial charge on any atom is -0.496 e. The van der Waals surface area contributed by atoms with Gasteiger partial charge in [-0.2, -0.15) is 0 Å². The number of methoxy groups -OCH3 is 1. The minimum atomic E-state index is 0.0704. The van der Waals surface area contributed by atoms with E-state index >= 15 is 0 Å². The van der Waals surface area contributed by atoms with E-state index in [1.165, 1.54) is 5.56 Å². The Morgan fingerprint density at radius 1 is 1.05 bits per heavy atom. The summed E-state index contributed by atoms with van der Waals surface area (Å²) in [5.74, 6) is 6.77. The summed E-state index contributed by atoms with van der Waals surface area (Å²) in [6.07, 6.45) is 2.29. The van der Waals surface area contributed by atoms with Crippen molar-refractivity contribution in [2.45, 2.75) is 24.3 Å². The van der Waals surface area contributed by atoms with Crippen molar-refractivity contribution in [2.24, 2.45) is 5.84 Å². The average Bonchev–Trinajstić information content (AvgIpc) is 3.31. The molecule has 1 aliphatic rings. The van der Waals surface area contributed by atoms with Crippen molar-refractivity contribution in [2.75, 3.05) is 7.11 Å². The Labute approximate surface area is 119 Å². The number of nitrogens with two attached hydrogens (primary N) is 1. The van der Waals surface area contributed by atoms with Crippen molar-refractivity contribution in [3.8, 4) is 5.75 Å². The van der Waals surface area contributed by atoms with Crippen molar-refractivity contribution in [1.29, 1.82) is 0 Å². The molecule has 0 bridgehead atoms. The first-order valence-electron chi connectivity index (χ1n) is 6.96. The summed E-state index contributed by atoms with van der Waals surface area (Å²) in [4.78, 5) is 0. The molecule has 104 valence electrons. The lowest BCUT2D eigenvalue weighted by atomic mass is 9.84. The van der Waals surface area contributed by atoms with Crippen LogP contribution < -0.4 is 16.0 Å². The Bertz CT molecular complexity index is 579. The molecule has 0 amide bonds. The van der Waals surface area contributed by atoms with Crippen LogP contribution in [0.3, 0.4) is 0 Å². The van der Waals surface area contributed by atoms with Gasteiger partial charge in [0.2, 0.25) is 0 Å². The molecule has 0 aromatic heterocycles. The van der Waals surface area contributed by atoms with Gasteiger partial charge >= 0.3 is 0 Å². The standard InChI is InChI=1S/C17H20N2O/c1-20-15-10-6-5-9-14(15)16(19-18)17(11-12-17)13-7-3-2-4-8-13/h2-10,16,19H,11-12,18H2,1H3. The fraction of sp³-hybridized carbons (Fsp3) is 0.294. The zero-order valence-corrected chi connectivity index (χ0v) is 11.7. The van der Waals surface area contributed by atoms with Gasteiger partial charge in [-0.25, -0.2) is 0 Å². The van der Waals surface area contributed by atoms with E-state index < -0.39 is 0 Å². The van der Waals surface area contributed by atoms with Crippen molar-refractivity contribution >= 4 is 0 Å². The van der Waals surface area contributed by atoms with Gasteiger partial charge in [-0.15, -0.1) is 0 Å². The topological polar surface area (TPSA) is 47.3 Å². The molecule has 0 saturated heterocycles. The van der Waals surface area contributed by atoms with Gasteiger partial charge in [-0.1, -0.05) is 48.5 Å². The quantitative estimate of drug-likeness (QED) is 0.647. The Balaban J connectivity index is 2.02. The summed E-state index contributed by atoms with van der Waals surface area (Å²) in [7, 11) is 1.70. The number of para-hydroxylation sites is 1. The third-order valence-corrected chi connectivity index (χ3v) is 4.31. The fourth-order valence-electron chi connectivity index (χ4n) is 3.10. The smallest absolute Gasteiger partial charge is 0.123 e. The highest BCUT2D eigenvalue weighted by molar-refractivity contribution is 5.44. The zero-order chi connectivity index (χ0) is 14.0. The molecule has 1 unspecified atom stereocenters. The Morgan fingerprint density at radius 3 is 2.30 bits per heavy atom. The normalized spacial score (nSPS) is 17.5. The molecule has 3 rings (SSSR count). The number of ether oxygens (including phenoxy) is 1. The molecule has 0 spiro atoms. The molecule has 1 atom stereocenters. The second-order valence-electron chi connectivity index (χ2n) is 5.36. The van der Waals surface area contributed by atoms with Crippen LogP contribution in [0.4, 0.5) is 0 Å². The van der Waals surface area contributed by atoms with Gasteiger partial charge in [0, 0.05) is 11.0 Å². The monoisotopic (exact) mass is 268 g/mol. The summed E-state index contributed by atoms with van der Waals surface area (Å²) in [5.41, 5.74) is 5.57. The van der Waals surface area contributed by atoms with Crippen LogP contribution in [0.1, 0.15) is 30.0 Å². The van der Waals surface area contributed by atoms with Crippen LogP contribution in [-0.4, -0.2) is 7.11 Å². The Hall–Kier alpha value is -1.84. The van der Waals surface area contributed by atoms with E-state index in [9.17, 15) is 0 Å². The summed E-state index contributed by atoms with van der Waals surface area (Å²) < 4.78 is 5.49. The molecule has 3 nitrogen and oxygen atoms in total. The molecule has 3 heteroatoms. The number of hydrogen-bond donors (Lipinski definition) is 2. The second-order valence-corrected chi connectivity index (χ2v) is 5.36. The van der Waals surface area contributed by atoms with E-state index in [-0.39, 0.29) is 11.5 Å². The lowest BCUT2D eigenvalue weighted by Crippen LogP contribution is -2.37. The van der Waals surface area contributed by atoms with E-state index in [0.29, 0.717) is 0 Å². The highest BCUT2D eigenvalue weighted by atomic mass is 16.5. The van der Waals surface area contributed by atoms with Crippen LogP contribution in [0.15, 0.2) is 54.6 Å². The summed E-state index contributed by atoms with van der Waals surface area (Å²) >= 11 is 0. The molecule has 0 heterocycles. The number of hydrogen-bond acceptors (Lipinski definition) is 3. The second kappa shape index (κ2) is 5.27. The van der Waals surface area contributed by atoms with Gasteiger partial charge in [-0.05, 0) is 24.5 Å². The molecule has 3 N–H and O–H groups in total. The van der Waals surface area contributed by atoms with Crippen molar-refractivity contribution < 1.29 is 4.74 Å². The molecular weight excluding hydrogens is 248 g/mol. The van der Waals surface area contributed by atoms with Gasteiger partial charge in [0.25, 0.3) is 0 Å².